The Balaban J connectivity index is 1.93. The number of aromatic nitrogens is 1. The summed E-state index contributed by atoms with van der Waals surface area (Å²) in [5.41, 5.74) is 5.09. The first kappa shape index (κ1) is 17.1. The fourth-order valence-electron chi connectivity index (χ4n) is 4.13. The van der Waals surface area contributed by atoms with Gasteiger partial charge in [0, 0.05) is 17.5 Å². The van der Waals surface area contributed by atoms with Gasteiger partial charge in [0.15, 0.2) is 0 Å². The fourth-order valence-corrected chi connectivity index (χ4v) is 4.13. The molecule has 0 amide bonds. The molecule has 2 aromatic rings. The molecule has 0 atom stereocenters. The van der Waals surface area contributed by atoms with Gasteiger partial charge in [0.05, 0.1) is 25.3 Å². The average molecular weight is 348 g/mol. The van der Waals surface area contributed by atoms with Crippen LogP contribution in [0.1, 0.15) is 49.8 Å². The molecule has 3 heterocycles. The van der Waals surface area contributed by atoms with E-state index in [4.69, 9.17) is 4.74 Å². The minimum atomic E-state index is -0.243. The highest BCUT2D eigenvalue weighted by molar-refractivity contribution is 5.68. The van der Waals surface area contributed by atoms with Crippen LogP contribution in [-0.2, 0) is 17.8 Å². The zero-order valence-corrected chi connectivity index (χ0v) is 15.6. The summed E-state index contributed by atoms with van der Waals surface area (Å²) in [6.07, 6.45) is 4.41. The first-order valence-corrected chi connectivity index (χ1v) is 9.54. The Hall–Kier alpha value is -2.38. The number of nitriles is 1. The molecule has 1 N–H and O–H groups in total. The number of ether oxygens (including phenoxy) is 1. The topological polar surface area (TPSA) is 50.4 Å². The van der Waals surface area contributed by atoms with E-state index in [0.29, 0.717) is 6.61 Å². The van der Waals surface area contributed by atoms with Crippen molar-refractivity contribution < 1.29 is 9.72 Å². The van der Waals surface area contributed by atoms with E-state index in [1.807, 2.05) is 6.07 Å². The lowest BCUT2D eigenvalue weighted by molar-refractivity contribution is -0.352. The Labute approximate surface area is 155 Å². The van der Waals surface area contributed by atoms with Crippen LogP contribution in [-0.4, -0.2) is 18.7 Å². The Morgan fingerprint density at radius 3 is 2.50 bits per heavy atom. The van der Waals surface area contributed by atoms with Gasteiger partial charge in [0.1, 0.15) is 17.3 Å². The van der Waals surface area contributed by atoms with Crippen LogP contribution in [0.4, 0.5) is 5.82 Å². The predicted molar refractivity (Wildman–Crippen MR) is 102 cm³/mol. The number of piperidine rings is 1. The van der Waals surface area contributed by atoms with Crippen molar-refractivity contribution in [1.29, 1.82) is 5.26 Å². The summed E-state index contributed by atoms with van der Waals surface area (Å²) < 4.78 is 6.10. The lowest BCUT2D eigenvalue weighted by atomic mass is 9.86. The van der Waals surface area contributed by atoms with Crippen LogP contribution in [0.2, 0.25) is 0 Å². The zero-order chi connectivity index (χ0) is 18.1. The molecule has 1 saturated heterocycles. The highest BCUT2D eigenvalue weighted by atomic mass is 16.5. The van der Waals surface area contributed by atoms with Crippen molar-refractivity contribution in [3.05, 3.63) is 47.0 Å². The molecule has 26 heavy (non-hydrogen) atoms. The molecule has 0 spiro atoms. The molecule has 2 aliphatic rings. The number of H-pyrrole nitrogens is 1. The second-order valence-corrected chi connectivity index (χ2v) is 7.93. The number of hydrogen-bond donors (Lipinski definition) is 0. The number of aromatic amines is 1. The summed E-state index contributed by atoms with van der Waals surface area (Å²) in [6, 6.07) is 12.9. The summed E-state index contributed by atoms with van der Waals surface area (Å²) in [7, 11) is 0. The lowest BCUT2D eigenvalue weighted by Gasteiger charge is -2.33. The van der Waals surface area contributed by atoms with Crippen LogP contribution in [0.5, 0.6) is 0 Å². The van der Waals surface area contributed by atoms with Gasteiger partial charge in [-0.1, -0.05) is 30.3 Å². The molecule has 0 unspecified atom stereocenters. The molecule has 4 heteroatoms. The van der Waals surface area contributed by atoms with Gasteiger partial charge < -0.3 is 4.74 Å². The normalized spacial score (nSPS) is 18.9. The minimum Gasteiger partial charge on any atom is -0.370 e. The first-order chi connectivity index (χ1) is 12.6. The number of hydrogen-bond acceptors (Lipinski definition) is 3. The molecule has 4 rings (SSSR count). The van der Waals surface area contributed by atoms with Crippen molar-refractivity contribution in [3.63, 3.8) is 0 Å². The maximum absolute atomic E-state index is 10.00. The molecular formula is C22H26N3O+. The van der Waals surface area contributed by atoms with Crippen molar-refractivity contribution >= 4 is 5.82 Å². The number of benzene rings is 1. The van der Waals surface area contributed by atoms with E-state index in [0.717, 1.165) is 53.3 Å². The molecule has 2 aliphatic heterocycles. The third-order valence-electron chi connectivity index (χ3n) is 5.50. The zero-order valence-electron chi connectivity index (χ0n) is 15.6. The van der Waals surface area contributed by atoms with Crippen LogP contribution in [0, 0.1) is 11.3 Å². The SMILES string of the molecule is CC1(C)Cc2c(C#N)c(N3CCCCC3)[nH+]c(-c3ccccc3)c2CO1. The number of anilines is 1. The van der Waals surface area contributed by atoms with Gasteiger partial charge in [0.2, 0.25) is 0 Å². The Kier molecular flexibility index (Phi) is 4.42. The van der Waals surface area contributed by atoms with Crippen LogP contribution in [0.3, 0.4) is 0 Å². The Bertz CT molecular complexity index is 846. The van der Waals surface area contributed by atoms with Crippen molar-refractivity contribution in [2.45, 2.75) is 51.7 Å². The van der Waals surface area contributed by atoms with Crippen LogP contribution in [0.15, 0.2) is 30.3 Å². The molecule has 1 aromatic carbocycles. The van der Waals surface area contributed by atoms with E-state index >= 15 is 0 Å². The highest BCUT2D eigenvalue weighted by Gasteiger charge is 2.36. The maximum Gasteiger partial charge on any atom is 0.293 e. The van der Waals surface area contributed by atoms with E-state index in [1.54, 1.807) is 0 Å². The molecule has 0 saturated carbocycles. The van der Waals surface area contributed by atoms with E-state index in [1.165, 1.54) is 19.3 Å². The Morgan fingerprint density at radius 2 is 1.81 bits per heavy atom. The van der Waals surface area contributed by atoms with Gasteiger partial charge in [-0.15, -0.1) is 0 Å². The monoisotopic (exact) mass is 348 g/mol. The van der Waals surface area contributed by atoms with E-state index in [9.17, 15) is 5.26 Å². The van der Waals surface area contributed by atoms with Crippen LogP contribution in [0.25, 0.3) is 11.3 Å². The summed E-state index contributed by atoms with van der Waals surface area (Å²) in [5, 5.41) is 10.00. The third kappa shape index (κ3) is 3.08. The van der Waals surface area contributed by atoms with Gasteiger partial charge in [0.25, 0.3) is 5.82 Å². The van der Waals surface area contributed by atoms with E-state index in [-0.39, 0.29) is 5.60 Å². The van der Waals surface area contributed by atoms with Crippen molar-refractivity contribution in [2.75, 3.05) is 18.0 Å². The number of nitrogens with one attached hydrogen (secondary N) is 1. The van der Waals surface area contributed by atoms with Crippen LogP contribution >= 0.6 is 0 Å². The average Bonchev–Trinajstić information content (AvgIpc) is 2.67. The van der Waals surface area contributed by atoms with Gasteiger partial charge >= 0.3 is 0 Å². The van der Waals surface area contributed by atoms with Crippen LogP contribution < -0.4 is 9.88 Å². The smallest absolute Gasteiger partial charge is 0.293 e. The van der Waals surface area contributed by atoms with Gasteiger partial charge in [-0.25, -0.2) is 4.98 Å². The second kappa shape index (κ2) is 6.74. The largest absolute Gasteiger partial charge is 0.370 e. The fraction of sp³-hybridized carbons (Fsp3) is 0.455. The van der Waals surface area contributed by atoms with Gasteiger partial charge in [-0.05, 0) is 38.7 Å². The standard InChI is InChI=1S/C22H25N3O/c1-22(2)13-17-18(14-23)21(25-11-7-4-8-12-25)24-20(19(17)15-26-22)16-9-5-3-6-10-16/h3,5-6,9-10H,4,7-8,11-13,15H2,1-2H3/p+1. The summed E-state index contributed by atoms with van der Waals surface area (Å²) >= 11 is 0. The maximum atomic E-state index is 10.00. The quantitative estimate of drug-likeness (QED) is 0.827. The molecule has 4 nitrogen and oxygen atoms in total. The first-order valence-electron chi connectivity index (χ1n) is 9.54. The summed E-state index contributed by atoms with van der Waals surface area (Å²) in [4.78, 5) is 5.99. The molecule has 0 aliphatic carbocycles. The highest BCUT2D eigenvalue weighted by Crippen LogP contribution is 2.37. The third-order valence-corrected chi connectivity index (χ3v) is 5.50. The summed E-state index contributed by atoms with van der Waals surface area (Å²) in [6.45, 7) is 6.78. The molecule has 1 aromatic heterocycles. The second-order valence-electron chi connectivity index (χ2n) is 7.93. The predicted octanol–water partition coefficient (Wildman–Crippen LogP) is 3.88. The number of pyridine rings is 1. The van der Waals surface area contributed by atoms with Crippen molar-refractivity contribution in [2.24, 2.45) is 0 Å². The molecule has 1 fully saturated rings. The molecular weight excluding hydrogens is 322 g/mol. The number of rotatable bonds is 2. The van der Waals surface area contributed by atoms with Gasteiger partial charge in [-0.2, -0.15) is 5.26 Å². The van der Waals surface area contributed by atoms with E-state index in [2.05, 4.69) is 54.1 Å². The van der Waals surface area contributed by atoms with E-state index < -0.39 is 0 Å². The number of nitrogens with zero attached hydrogens (tertiary/aromatic N) is 2. The molecule has 0 bridgehead atoms. The van der Waals surface area contributed by atoms with Crippen molar-refractivity contribution in [3.8, 4) is 17.3 Å². The minimum absolute atomic E-state index is 0.243. The lowest BCUT2D eigenvalue weighted by Crippen LogP contribution is -2.39. The molecule has 134 valence electrons. The Morgan fingerprint density at radius 1 is 1.08 bits per heavy atom. The van der Waals surface area contributed by atoms with Gasteiger partial charge in [-0.3, -0.25) is 4.90 Å². The van der Waals surface area contributed by atoms with Crippen molar-refractivity contribution in [1.82, 2.24) is 0 Å². The molecule has 0 radical (unpaired) electrons. The number of fused-ring (bicyclic) bond motifs is 1. The summed E-state index contributed by atoms with van der Waals surface area (Å²) in [5.74, 6) is 0.988.